The van der Waals surface area contributed by atoms with Gasteiger partial charge in [0.2, 0.25) is 5.91 Å². The number of nitrogens with zero attached hydrogens (tertiary/aromatic N) is 2. The summed E-state index contributed by atoms with van der Waals surface area (Å²) in [6.07, 6.45) is 0. The zero-order valence-electron chi connectivity index (χ0n) is 13.7. The van der Waals surface area contributed by atoms with Crippen molar-refractivity contribution in [2.45, 2.75) is 19.9 Å². The lowest BCUT2D eigenvalue weighted by molar-refractivity contribution is -0.121. The number of rotatable bonds is 2. The summed E-state index contributed by atoms with van der Waals surface area (Å²) in [6, 6.07) is 14.7. The maximum absolute atomic E-state index is 12.7. The van der Waals surface area contributed by atoms with Gasteiger partial charge < -0.3 is 9.80 Å². The smallest absolute Gasteiger partial charge is 0.256 e. The van der Waals surface area contributed by atoms with E-state index in [1.807, 2.05) is 38.1 Å². The molecule has 1 heterocycles. The summed E-state index contributed by atoms with van der Waals surface area (Å²) in [6.45, 7) is 4.48. The summed E-state index contributed by atoms with van der Waals surface area (Å²) in [7, 11) is 0. The Morgan fingerprint density at radius 3 is 2.46 bits per heavy atom. The van der Waals surface area contributed by atoms with Gasteiger partial charge in [-0.15, -0.1) is 0 Å². The van der Waals surface area contributed by atoms with Gasteiger partial charge >= 0.3 is 0 Å². The van der Waals surface area contributed by atoms with E-state index < -0.39 is 0 Å². The molecule has 2 amide bonds. The van der Waals surface area contributed by atoms with Gasteiger partial charge in [0.05, 0.1) is 10.6 Å². The third-order valence-electron chi connectivity index (χ3n) is 4.30. The first-order valence-corrected chi connectivity index (χ1v) is 8.27. The number of amides is 2. The number of halogens is 1. The van der Waals surface area contributed by atoms with E-state index in [1.54, 1.807) is 34.1 Å². The van der Waals surface area contributed by atoms with Crippen molar-refractivity contribution in [3.63, 3.8) is 0 Å². The predicted molar refractivity (Wildman–Crippen MR) is 95.5 cm³/mol. The molecule has 1 aliphatic rings. The van der Waals surface area contributed by atoms with Crippen molar-refractivity contribution >= 4 is 29.1 Å². The van der Waals surface area contributed by atoms with Gasteiger partial charge in [0, 0.05) is 18.3 Å². The molecule has 5 heteroatoms. The van der Waals surface area contributed by atoms with E-state index in [0.717, 1.165) is 11.3 Å². The lowest BCUT2D eigenvalue weighted by Gasteiger charge is -2.39. The van der Waals surface area contributed by atoms with E-state index in [0.29, 0.717) is 17.1 Å². The molecular weight excluding hydrogens is 324 g/mol. The molecule has 1 aliphatic heterocycles. The zero-order valence-corrected chi connectivity index (χ0v) is 14.5. The van der Waals surface area contributed by atoms with Crippen LogP contribution in [0.5, 0.6) is 0 Å². The molecule has 1 fully saturated rings. The monoisotopic (exact) mass is 342 g/mol. The molecule has 3 rings (SSSR count). The van der Waals surface area contributed by atoms with Crippen molar-refractivity contribution < 1.29 is 9.59 Å². The highest BCUT2D eigenvalue weighted by atomic mass is 35.5. The number of piperazine rings is 1. The van der Waals surface area contributed by atoms with Crippen LogP contribution in [0.2, 0.25) is 5.02 Å². The minimum Gasteiger partial charge on any atom is -0.325 e. The molecule has 0 aromatic heterocycles. The summed E-state index contributed by atoms with van der Waals surface area (Å²) in [5.74, 6) is -0.289. The summed E-state index contributed by atoms with van der Waals surface area (Å²) in [4.78, 5) is 28.6. The highest BCUT2D eigenvalue weighted by molar-refractivity contribution is 6.33. The Morgan fingerprint density at radius 2 is 1.79 bits per heavy atom. The molecule has 1 saturated heterocycles. The van der Waals surface area contributed by atoms with Crippen molar-refractivity contribution in [2.24, 2.45) is 0 Å². The largest absolute Gasteiger partial charge is 0.325 e. The molecule has 124 valence electrons. The van der Waals surface area contributed by atoms with Gasteiger partial charge in [0.1, 0.15) is 6.54 Å². The fraction of sp³-hybridized carbons (Fsp3) is 0.263. The normalized spacial score (nSPS) is 18.0. The molecule has 2 aromatic rings. The molecule has 1 unspecified atom stereocenters. The number of hydrogen-bond donors (Lipinski definition) is 0. The molecule has 0 radical (unpaired) electrons. The van der Waals surface area contributed by atoms with Gasteiger partial charge in [-0.3, -0.25) is 9.59 Å². The number of aryl methyl sites for hydroxylation is 1. The number of benzene rings is 2. The Kier molecular flexibility index (Phi) is 4.58. The maximum atomic E-state index is 12.7. The van der Waals surface area contributed by atoms with Crippen LogP contribution < -0.4 is 4.90 Å². The van der Waals surface area contributed by atoms with Crippen molar-refractivity contribution in [2.75, 3.05) is 18.0 Å². The summed E-state index contributed by atoms with van der Waals surface area (Å²) in [5, 5.41) is 0.406. The molecule has 2 aromatic carbocycles. The second-order valence-corrected chi connectivity index (χ2v) is 6.51. The van der Waals surface area contributed by atoms with Crippen LogP contribution in [-0.2, 0) is 4.79 Å². The van der Waals surface area contributed by atoms with E-state index >= 15 is 0 Å². The van der Waals surface area contributed by atoms with Gasteiger partial charge in [-0.2, -0.15) is 0 Å². The maximum Gasteiger partial charge on any atom is 0.256 e. The quantitative estimate of drug-likeness (QED) is 0.837. The second-order valence-electron chi connectivity index (χ2n) is 6.10. The fourth-order valence-corrected chi connectivity index (χ4v) is 3.10. The minimum atomic E-state index is -0.204. The van der Waals surface area contributed by atoms with Crippen LogP contribution in [0.15, 0.2) is 48.5 Å². The lowest BCUT2D eigenvalue weighted by Crippen LogP contribution is -2.57. The van der Waals surface area contributed by atoms with Crippen LogP contribution >= 0.6 is 11.6 Å². The van der Waals surface area contributed by atoms with Gasteiger partial charge in [0.25, 0.3) is 5.91 Å². The van der Waals surface area contributed by atoms with Crippen molar-refractivity contribution in [1.29, 1.82) is 0 Å². The Hall–Kier alpha value is -2.33. The van der Waals surface area contributed by atoms with E-state index in [1.165, 1.54) is 0 Å². The Labute approximate surface area is 146 Å². The third-order valence-corrected chi connectivity index (χ3v) is 4.63. The lowest BCUT2D eigenvalue weighted by atomic mass is 10.1. The second kappa shape index (κ2) is 6.65. The molecule has 0 saturated carbocycles. The van der Waals surface area contributed by atoms with Gasteiger partial charge in [0.15, 0.2) is 0 Å². The summed E-state index contributed by atoms with van der Waals surface area (Å²) >= 11 is 6.12. The van der Waals surface area contributed by atoms with Crippen LogP contribution in [0.25, 0.3) is 0 Å². The highest BCUT2D eigenvalue weighted by Crippen LogP contribution is 2.24. The van der Waals surface area contributed by atoms with E-state index in [2.05, 4.69) is 0 Å². The average Bonchev–Trinajstić information content (AvgIpc) is 2.57. The van der Waals surface area contributed by atoms with Gasteiger partial charge in [-0.1, -0.05) is 41.4 Å². The molecular formula is C19H19ClN2O2. The van der Waals surface area contributed by atoms with E-state index in [9.17, 15) is 9.59 Å². The average molecular weight is 343 g/mol. The first-order valence-electron chi connectivity index (χ1n) is 7.90. The van der Waals surface area contributed by atoms with Gasteiger partial charge in [-0.25, -0.2) is 0 Å². The number of hydrogen-bond acceptors (Lipinski definition) is 2. The first-order chi connectivity index (χ1) is 11.5. The topological polar surface area (TPSA) is 40.6 Å². The standard InChI is InChI=1S/C19H19ClN2O2/c1-13-7-9-15(10-8-13)22-11-14(2)21(12-18(22)23)19(24)16-5-3-4-6-17(16)20/h3-10,14H,11-12H2,1-2H3. The van der Waals surface area contributed by atoms with Crippen molar-refractivity contribution in [3.05, 3.63) is 64.7 Å². The molecule has 0 N–H and O–H groups in total. The molecule has 0 aliphatic carbocycles. The Morgan fingerprint density at radius 1 is 1.12 bits per heavy atom. The van der Waals surface area contributed by atoms with Crippen LogP contribution in [0.1, 0.15) is 22.8 Å². The molecule has 0 spiro atoms. The summed E-state index contributed by atoms with van der Waals surface area (Å²) in [5.41, 5.74) is 2.44. The number of carbonyl (C=O) groups is 2. The SMILES string of the molecule is Cc1ccc(N2CC(C)N(C(=O)c3ccccc3Cl)CC2=O)cc1. The first kappa shape index (κ1) is 16.5. The van der Waals surface area contributed by atoms with Crippen LogP contribution in [0, 0.1) is 6.92 Å². The Balaban J connectivity index is 1.81. The summed E-state index contributed by atoms with van der Waals surface area (Å²) < 4.78 is 0. The predicted octanol–water partition coefficient (Wildman–Crippen LogP) is 3.53. The fourth-order valence-electron chi connectivity index (χ4n) is 2.89. The minimum absolute atomic E-state index is 0.0547. The van der Waals surface area contributed by atoms with Crippen LogP contribution in [0.4, 0.5) is 5.69 Å². The van der Waals surface area contributed by atoms with E-state index in [-0.39, 0.29) is 24.4 Å². The van der Waals surface area contributed by atoms with Crippen LogP contribution in [0.3, 0.4) is 0 Å². The third kappa shape index (κ3) is 3.15. The van der Waals surface area contributed by atoms with Crippen LogP contribution in [-0.4, -0.2) is 35.8 Å². The molecule has 0 bridgehead atoms. The molecule has 4 nitrogen and oxygen atoms in total. The van der Waals surface area contributed by atoms with Crippen molar-refractivity contribution in [3.8, 4) is 0 Å². The van der Waals surface area contributed by atoms with E-state index in [4.69, 9.17) is 11.6 Å². The molecule has 24 heavy (non-hydrogen) atoms. The Bertz CT molecular complexity index is 773. The van der Waals surface area contributed by atoms with Gasteiger partial charge in [-0.05, 0) is 38.1 Å². The molecule has 1 atom stereocenters. The highest BCUT2D eigenvalue weighted by Gasteiger charge is 2.34. The zero-order chi connectivity index (χ0) is 17.3. The van der Waals surface area contributed by atoms with Crippen molar-refractivity contribution in [1.82, 2.24) is 4.90 Å². The number of anilines is 1. The number of carbonyl (C=O) groups excluding carboxylic acids is 2.